The first-order valence-electron chi connectivity index (χ1n) is 9.28. The molecule has 9 nitrogen and oxygen atoms in total. The molecule has 9 heteroatoms. The number of amides is 3. The number of carbonyl (C=O) groups is 3. The molecule has 0 aliphatic carbocycles. The maximum atomic E-state index is 12.5. The lowest BCUT2D eigenvalue weighted by Gasteiger charge is -2.22. The summed E-state index contributed by atoms with van der Waals surface area (Å²) in [6.45, 7) is 5.06. The first-order valence-corrected chi connectivity index (χ1v) is 9.28. The highest BCUT2D eigenvalue weighted by Gasteiger charge is 2.26. The summed E-state index contributed by atoms with van der Waals surface area (Å²) in [6, 6.07) is 14.7. The predicted octanol–water partition coefficient (Wildman–Crippen LogP) is 3.81. The van der Waals surface area contributed by atoms with Gasteiger partial charge in [0.2, 0.25) is 11.8 Å². The van der Waals surface area contributed by atoms with E-state index in [0.717, 1.165) is 5.69 Å². The number of nitrogens with two attached hydrogens (primary N) is 1. The molecule has 2 aromatic rings. The molecular formula is C21H25N5O4. The van der Waals surface area contributed by atoms with E-state index in [0.29, 0.717) is 11.4 Å². The molecule has 0 spiro atoms. The number of azo groups is 1. The fraction of sp³-hybridized carbons (Fsp3) is 0.286. The van der Waals surface area contributed by atoms with Gasteiger partial charge in [-0.15, -0.1) is 0 Å². The minimum absolute atomic E-state index is 0.367. The van der Waals surface area contributed by atoms with Gasteiger partial charge in [0, 0.05) is 5.69 Å². The number of hydrogen-bond acceptors (Lipinski definition) is 6. The zero-order chi connectivity index (χ0) is 22.1. The number of rotatable bonds is 7. The van der Waals surface area contributed by atoms with Crippen molar-refractivity contribution in [3.05, 3.63) is 54.6 Å². The van der Waals surface area contributed by atoms with Gasteiger partial charge in [0.05, 0.1) is 17.8 Å². The largest absolute Gasteiger partial charge is 0.444 e. The molecule has 3 amide bonds. The van der Waals surface area contributed by atoms with E-state index in [-0.39, 0.29) is 6.42 Å². The first-order chi connectivity index (χ1) is 14.1. The summed E-state index contributed by atoms with van der Waals surface area (Å²) in [5.74, 6) is -1.33. The first kappa shape index (κ1) is 22.5. The van der Waals surface area contributed by atoms with Gasteiger partial charge >= 0.3 is 6.09 Å². The number of nitrogens with zero attached hydrogens (tertiary/aromatic N) is 2. The van der Waals surface area contributed by atoms with Crippen molar-refractivity contribution in [2.75, 3.05) is 5.32 Å². The Morgan fingerprint density at radius 1 is 0.967 bits per heavy atom. The fourth-order valence-corrected chi connectivity index (χ4v) is 2.31. The smallest absolute Gasteiger partial charge is 0.408 e. The average molecular weight is 411 g/mol. The summed E-state index contributed by atoms with van der Waals surface area (Å²) in [5, 5.41) is 13.2. The molecule has 4 N–H and O–H groups in total. The normalized spacial score (nSPS) is 12.2. The second kappa shape index (κ2) is 10.1. The number of alkyl carbamates (subject to hydrolysis) is 1. The van der Waals surface area contributed by atoms with E-state index in [1.165, 1.54) is 0 Å². The summed E-state index contributed by atoms with van der Waals surface area (Å²) in [4.78, 5) is 35.8. The Morgan fingerprint density at radius 3 is 2.07 bits per heavy atom. The van der Waals surface area contributed by atoms with Gasteiger partial charge in [0.25, 0.3) is 0 Å². The van der Waals surface area contributed by atoms with Gasteiger partial charge in [-0.2, -0.15) is 10.2 Å². The highest BCUT2D eigenvalue weighted by molar-refractivity contribution is 5.99. The Hall–Kier alpha value is -3.75. The van der Waals surface area contributed by atoms with Crippen molar-refractivity contribution in [1.82, 2.24) is 5.32 Å². The maximum absolute atomic E-state index is 12.5. The van der Waals surface area contributed by atoms with Crippen LogP contribution in [0.5, 0.6) is 0 Å². The Labute approximate surface area is 174 Å². The summed E-state index contributed by atoms with van der Waals surface area (Å²) >= 11 is 0. The molecule has 0 saturated heterocycles. The van der Waals surface area contributed by atoms with Crippen LogP contribution in [0.4, 0.5) is 21.9 Å². The van der Waals surface area contributed by atoms with E-state index in [2.05, 4.69) is 20.9 Å². The number of primary amides is 1. The van der Waals surface area contributed by atoms with Gasteiger partial charge in [-0.3, -0.25) is 9.59 Å². The summed E-state index contributed by atoms with van der Waals surface area (Å²) in [7, 11) is 0. The maximum Gasteiger partial charge on any atom is 0.408 e. The minimum atomic E-state index is -1.17. The van der Waals surface area contributed by atoms with Crippen molar-refractivity contribution < 1.29 is 19.1 Å². The second-order valence-corrected chi connectivity index (χ2v) is 7.44. The van der Waals surface area contributed by atoms with Crippen molar-refractivity contribution in [3.8, 4) is 0 Å². The van der Waals surface area contributed by atoms with Crippen molar-refractivity contribution in [2.24, 2.45) is 16.0 Å². The highest BCUT2D eigenvalue weighted by atomic mass is 16.6. The Morgan fingerprint density at radius 2 is 1.53 bits per heavy atom. The Kier molecular flexibility index (Phi) is 7.62. The Balaban J connectivity index is 2.01. The molecule has 158 valence electrons. The molecule has 0 heterocycles. The van der Waals surface area contributed by atoms with Crippen LogP contribution in [0.3, 0.4) is 0 Å². The molecule has 0 radical (unpaired) electrons. The molecule has 0 unspecified atom stereocenters. The van der Waals surface area contributed by atoms with Crippen molar-refractivity contribution >= 4 is 35.0 Å². The van der Waals surface area contributed by atoms with E-state index in [1.54, 1.807) is 45.0 Å². The number of hydrogen-bond donors (Lipinski definition) is 3. The zero-order valence-corrected chi connectivity index (χ0v) is 17.1. The number of anilines is 1. The molecule has 0 aromatic heterocycles. The Bertz CT molecular complexity index is 905. The second-order valence-electron chi connectivity index (χ2n) is 7.44. The monoisotopic (exact) mass is 411 g/mol. The number of carbonyl (C=O) groups excluding carboxylic acids is 3. The zero-order valence-electron chi connectivity index (χ0n) is 17.1. The molecule has 0 bridgehead atoms. The third-order valence-corrected chi connectivity index (χ3v) is 3.58. The number of nitrogens with one attached hydrogen (secondary N) is 2. The molecule has 30 heavy (non-hydrogen) atoms. The van der Waals surface area contributed by atoms with E-state index in [9.17, 15) is 14.4 Å². The van der Waals surface area contributed by atoms with E-state index >= 15 is 0 Å². The molecule has 0 aliphatic rings. The molecule has 0 saturated carbocycles. The third kappa shape index (κ3) is 8.09. The predicted molar refractivity (Wildman–Crippen MR) is 113 cm³/mol. The van der Waals surface area contributed by atoms with Gasteiger partial charge in [0.1, 0.15) is 11.6 Å². The van der Waals surface area contributed by atoms with Crippen LogP contribution < -0.4 is 16.4 Å². The summed E-state index contributed by atoms with van der Waals surface area (Å²) < 4.78 is 5.12. The van der Waals surface area contributed by atoms with Crippen molar-refractivity contribution in [1.29, 1.82) is 0 Å². The molecule has 2 aromatic carbocycles. The van der Waals surface area contributed by atoms with Gasteiger partial charge in [-0.1, -0.05) is 18.2 Å². The van der Waals surface area contributed by atoms with Crippen LogP contribution in [-0.2, 0) is 14.3 Å². The van der Waals surface area contributed by atoms with Crippen LogP contribution in [0.15, 0.2) is 64.8 Å². The topological polar surface area (TPSA) is 135 Å². The standard InChI is InChI=1S/C21H25N5O4/c1-21(2,3)30-20(29)24-17(13-18(22)27)19(28)23-14-9-11-16(12-10-14)26-25-15-7-5-4-6-8-15/h4-12,17H,13H2,1-3H3,(H2,22,27)(H,23,28)(H,24,29)/t17-/m0/s1. The number of ether oxygens (including phenoxy) is 1. The molecule has 0 aliphatic heterocycles. The summed E-state index contributed by atoms with van der Waals surface area (Å²) in [6.07, 6.45) is -1.19. The van der Waals surface area contributed by atoms with Crippen LogP contribution in [0.25, 0.3) is 0 Å². The molecule has 2 rings (SSSR count). The fourth-order valence-electron chi connectivity index (χ4n) is 2.31. The lowest BCUT2D eigenvalue weighted by atomic mass is 10.1. The van der Waals surface area contributed by atoms with Gasteiger partial charge < -0.3 is 21.1 Å². The van der Waals surface area contributed by atoms with Gasteiger partial charge in [-0.05, 0) is 57.2 Å². The average Bonchev–Trinajstić information content (AvgIpc) is 2.66. The lowest BCUT2D eigenvalue weighted by molar-refractivity contribution is -0.124. The van der Waals surface area contributed by atoms with Crippen molar-refractivity contribution in [3.63, 3.8) is 0 Å². The number of benzene rings is 2. The molecule has 1 atom stereocenters. The lowest BCUT2D eigenvalue weighted by Crippen LogP contribution is -2.47. The van der Waals surface area contributed by atoms with Gasteiger partial charge in [-0.25, -0.2) is 4.79 Å². The van der Waals surface area contributed by atoms with Crippen LogP contribution >= 0.6 is 0 Å². The molecular weight excluding hydrogens is 386 g/mol. The van der Waals surface area contributed by atoms with Crippen LogP contribution in [0, 0.1) is 0 Å². The van der Waals surface area contributed by atoms with Crippen molar-refractivity contribution in [2.45, 2.75) is 38.8 Å². The highest BCUT2D eigenvalue weighted by Crippen LogP contribution is 2.20. The van der Waals surface area contributed by atoms with Gasteiger partial charge in [0.15, 0.2) is 0 Å². The SMILES string of the molecule is CC(C)(C)OC(=O)N[C@@H](CC(N)=O)C(=O)Nc1ccc(N=Nc2ccccc2)cc1. The van der Waals surface area contributed by atoms with E-state index in [1.807, 2.05) is 30.3 Å². The van der Waals surface area contributed by atoms with Crippen LogP contribution in [0.1, 0.15) is 27.2 Å². The van der Waals surface area contributed by atoms with Crippen LogP contribution in [0.2, 0.25) is 0 Å². The minimum Gasteiger partial charge on any atom is -0.444 e. The third-order valence-electron chi connectivity index (χ3n) is 3.58. The summed E-state index contributed by atoms with van der Waals surface area (Å²) in [5.41, 5.74) is 6.22. The van der Waals surface area contributed by atoms with E-state index in [4.69, 9.17) is 10.5 Å². The molecule has 0 fully saturated rings. The van der Waals surface area contributed by atoms with E-state index < -0.39 is 29.6 Å². The van der Waals surface area contributed by atoms with Crippen LogP contribution in [-0.4, -0.2) is 29.6 Å². The quantitative estimate of drug-likeness (QED) is 0.597.